The normalized spacial score (nSPS) is 13.3. The van der Waals surface area contributed by atoms with E-state index in [2.05, 4.69) is 46.3 Å². The summed E-state index contributed by atoms with van der Waals surface area (Å²) < 4.78 is 5.17. The van der Waals surface area contributed by atoms with Crippen molar-refractivity contribution >= 4 is 5.91 Å². The van der Waals surface area contributed by atoms with E-state index in [0.717, 1.165) is 37.4 Å². The van der Waals surface area contributed by atoms with E-state index in [4.69, 9.17) is 4.74 Å². The lowest BCUT2D eigenvalue weighted by Crippen LogP contribution is -2.31. The van der Waals surface area contributed by atoms with Gasteiger partial charge in [-0.05, 0) is 35.2 Å². The van der Waals surface area contributed by atoms with Gasteiger partial charge in [-0.2, -0.15) is 0 Å². The van der Waals surface area contributed by atoms with Crippen molar-refractivity contribution in [3.05, 3.63) is 65.2 Å². The Morgan fingerprint density at radius 3 is 2.85 bits per heavy atom. The molecule has 0 radical (unpaired) electrons. The fraction of sp³-hybridized carbons (Fsp3) is 0.318. The number of ether oxygens (including phenoxy) is 1. The Kier molecular flexibility index (Phi) is 6.29. The topological polar surface area (TPSA) is 41.6 Å². The second-order valence-corrected chi connectivity index (χ2v) is 6.39. The molecule has 0 saturated heterocycles. The fourth-order valence-electron chi connectivity index (χ4n) is 3.09. The Hall–Kier alpha value is -2.77. The number of fused-ring (bicyclic) bond motifs is 1. The molecule has 1 aliphatic rings. The summed E-state index contributed by atoms with van der Waals surface area (Å²) in [6.07, 6.45) is 1.41. The lowest BCUT2D eigenvalue weighted by molar-refractivity contribution is -0.120. The summed E-state index contributed by atoms with van der Waals surface area (Å²) in [5, 5.41) is 2.85. The molecule has 0 spiro atoms. The van der Waals surface area contributed by atoms with Crippen LogP contribution in [0.15, 0.2) is 48.5 Å². The smallest absolute Gasteiger partial charge is 0.225 e. The molecule has 1 N–H and O–H groups in total. The molecule has 134 valence electrons. The van der Waals surface area contributed by atoms with Gasteiger partial charge in [0.25, 0.3) is 0 Å². The summed E-state index contributed by atoms with van der Waals surface area (Å²) in [7, 11) is 1.62. The lowest BCUT2D eigenvalue weighted by Gasteiger charge is -2.26. The van der Waals surface area contributed by atoms with Crippen molar-refractivity contribution in [2.24, 2.45) is 0 Å². The van der Waals surface area contributed by atoms with Crippen molar-refractivity contribution in [3.8, 4) is 17.6 Å². The van der Waals surface area contributed by atoms with Gasteiger partial charge in [0.05, 0.1) is 26.6 Å². The average molecular weight is 348 g/mol. The second-order valence-electron chi connectivity index (χ2n) is 6.39. The third kappa shape index (κ3) is 5.11. The molecule has 0 atom stereocenters. The number of nitrogens with one attached hydrogen (secondary N) is 1. The quantitative estimate of drug-likeness (QED) is 0.844. The number of carbonyl (C=O) groups is 1. The van der Waals surface area contributed by atoms with Gasteiger partial charge in [0.1, 0.15) is 5.75 Å². The van der Waals surface area contributed by atoms with Crippen LogP contribution in [-0.4, -0.2) is 37.6 Å². The number of hydrogen-bond acceptors (Lipinski definition) is 3. The first-order valence-electron chi connectivity index (χ1n) is 8.89. The van der Waals surface area contributed by atoms with Gasteiger partial charge in [0, 0.05) is 13.1 Å². The van der Waals surface area contributed by atoms with Crippen molar-refractivity contribution in [3.63, 3.8) is 0 Å². The number of carbonyl (C=O) groups excluding carboxylic acids is 1. The lowest BCUT2D eigenvalue weighted by atomic mass is 10.0. The Morgan fingerprint density at radius 2 is 2.00 bits per heavy atom. The monoisotopic (exact) mass is 348 g/mol. The van der Waals surface area contributed by atoms with E-state index < -0.39 is 0 Å². The maximum Gasteiger partial charge on any atom is 0.225 e. The Bertz CT molecular complexity index is 820. The Morgan fingerprint density at radius 1 is 1.15 bits per heavy atom. The maximum atomic E-state index is 12.0. The van der Waals surface area contributed by atoms with Crippen LogP contribution in [-0.2, 0) is 24.2 Å². The van der Waals surface area contributed by atoms with E-state index in [9.17, 15) is 4.79 Å². The van der Waals surface area contributed by atoms with E-state index in [1.165, 1.54) is 11.1 Å². The molecule has 0 fully saturated rings. The Balaban J connectivity index is 1.39. The SMILES string of the molecule is COc1cccc(CC(=O)NCC#CCN2CCc3ccccc3C2)c1. The van der Waals surface area contributed by atoms with Crippen molar-refractivity contribution in [1.82, 2.24) is 10.2 Å². The Labute approximate surface area is 155 Å². The third-order valence-electron chi connectivity index (χ3n) is 4.51. The molecule has 1 aliphatic heterocycles. The van der Waals surface area contributed by atoms with Crippen molar-refractivity contribution in [2.45, 2.75) is 19.4 Å². The third-order valence-corrected chi connectivity index (χ3v) is 4.51. The molecular formula is C22H24N2O2. The fourth-order valence-corrected chi connectivity index (χ4v) is 3.09. The summed E-state index contributed by atoms with van der Waals surface area (Å²) >= 11 is 0. The zero-order chi connectivity index (χ0) is 18.2. The van der Waals surface area contributed by atoms with Crippen LogP contribution in [0.4, 0.5) is 0 Å². The highest BCUT2D eigenvalue weighted by atomic mass is 16.5. The van der Waals surface area contributed by atoms with E-state index in [1.54, 1.807) is 7.11 Å². The van der Waals surface area contributed by atoms with Crippen molar-refractivity contribution in [2.75, 3.05) is 26.7 Å². The summed E-state index contributed by atoms with van der Waals surface area (Å²) in [4.78, 5) is 14.3. The number of nitrogens with zero attached hydrogens (tertiary/aromatic N) is 1. The van der Waals surface area contributed by atoms with Crippen molar-refractivity contribution in [1.29, 1.82) is 0 Å². The molecule has 4 heteroatoms. The molecule has 0 bridgehead atoms. The van der Waals surface area contributed by atoms with E-state index >= 15 is 0 Å². The van der Waals surface area contributed by atoms with Crippen LogP contribution in [0.3, 0.4) is 0 Å². The van der Waals surface area contributed by atoms with Gasteiger partial charge >= 0.3 is 0 Å². The largest absolute Gasteiger partial charge is 0.497 e. The zero-order valence-electron chi connectivity index (χ0n) is 15.1. The highest BCUT2D eigenvalue weighted by molar-refractivity contribution is 5.78. The zero-order valence-corrected chi connectivity index (χ0v) is 15.1. The van der Waals surface area contributed by atoms with Crippen LogP contribution in [0.1, 0.15) is 16.7 Å². The van der Waals surface area contributed by atoms with Crippen molar-refractivity contribution < 1.29 is 9.53 Å². The molecule has 3 rings (SSSR count). The highest BCUT2D eigenvalue weighted by Gasteiger charge is 2.14. The molecule has 0 aliphatic carbocycles. The van der Waals surface area contributed by atoms with Crippen LogP contribution < -0.4 is 10.1 Å². The number of benzene rings is 2. The van der Waals surface area contributed by atoms with Crippen LogP contribution in [0, 0.1) is 11.8 Å². The molecule has 1 amide bonds. The van der Waals surface area contributed by atoms with Gasteiger partial charge in [-0.3, -0.25) is 9.69 Å². The van der Waals surface area contributed by atoms with E-state index in [1.807, 2.05) is 24.3 Å². The summed E-state index contributed by atoms with van der Waals surface area (Å²) in [5.74, 6) is 6.95. The van der Waals surface area contributed by atoms with Gasteiger partial charge < -0.3 is 10.1 Å². The van der Waals surface area contributed by atoms with Gasteiger partial charge in [-0.1, -0.05) is 48.2 Å². The molecule has 1 heterocycles. The molecular weight excluding hydrogens is 324 g/mol. The average Bonchev–Trinajstić information content (AvgIpc) is 2.67. The van der Waals surface area contributed by atoms with Gasteiger partial charge in [0.2, 0.25) is 5.91 Å². The number of hydrogen-bond donors (Lipinski definition) is 1. The molecule has 0 saturated carbocycles. The van der Waals surface area contributed by atoms with Crippen LogP contribution in [0.2, 0.25) is 0 Å². The minimum absolute atomic E-state index is 0.0283. The molecule has 26 heavy (non-hydrogen) atoms. The van der Waals surface area contributed by atoms with Gasteiger partial charge in [0.15, 0.2) is 0 Å². The molecule has 2 aromatic carbocycles. The first kappa shape index (κ1) is 18.0. The first-order valence-corrected chi connectivity index (χ1v) is 8.89. The van der Waals surface area contributed by atoms with Crippen LogP contribution in [0.25, 0.3) is 0 Å². The highest BCUT2D eigenvalue weighted by Crippen LogP contribution is 2.17. The van der Waals surface area contributed by atoms with Crippen LogP contribution in [0.5, 0.6) is 5.75 Å². The summed E-state index contributed by atoms with van der Waals surface area (Å²) in [6.45, 7) is 3.11. The first-order chi connectivity index (χ1) is 12.7. The molecule has 4 nitrogen and oxygen atoms in total. The van der Waals surface area contributed by atoms with Crippen LogP contribution >= 0.6 is 0 Å². The number of amides is 1. The predicted octanol–water partition coefficient (Wildman–Crippen LogP) is 2.42. The molecule has 0 aromatic heterocycles. The van der Waals surface area contributed by atoms with E-state index in [-0.39, 0.29) is 5.91 Å². The predicted molar refractivity (Wildman–Crippen MR) is 103 cm³/mol. The molecule has 2 aromatic rings. The minimum atomic E-state index is -0.0283. The van der Waals surface area contributed by atoms with Gasteiger partial charge in [-0.15, -0.1) is 0 Å². The summed E-state index contributed by atoms with van der Waals surface area (Å²) in [6, 6.07) is 16.1. The number of rotatable bonds is 5. The standard InChI is InChI=1S/C22H24N2O2/c1-26-21-10-6-7-18(15-21)16-22(25)23-12-4-5-13-24-14-11-19-8-2-3-9-20(19)17-24/h2-3,6-10,15H,11-14,16-17H2,1H3,(H,23,25). The van der Waals surface area contributed by atoms with E-state index in [0.29, 0.717) is 13.0 Å². The number of methoxy groups -OCH3 is 1. The van der Waals surface area contributed by atoms with Gasteiger partial charge in [-0.25, -0.2) is 0 Å². The molecule has 0 unspecified atom stereocenters. The minimum Gasteiger partial charge on any atom is -0.497 e. The summed E-state index contributed by atoms with van der Waals surface area (Å²) in [5.41, 5.74) is 3.77. The maximum absolute atomic E-state index is 12.0. The second kappa shape index (κ2) is 9.07.